The molecule has 2 rings (SSSR count). The maximum Gasteiger partial charge on any atom is 0.242 e. The lowest BCUT2D eigenvalue weighted by molar-refractivity contribution is -0.119. The topological polar surface area (TPSA) is 87.9 Å². The Balaban J connectivity index is 0.00000364. The van der Waals surface area contributed by atoms with Crippen LogP contribution in [0.2, 0.25) is 0 Å². The molecule has 0 atom stereocenters. The van der Waals surface area contributed by atoms with E-state index in [1.54, 1.807) is 12.3 Å². The summed E-state index contributed by atoms with van der Waals surface area (Å²) in [5.74, 6) is 2.03. The summed E-state index contributed by atoms with van der Waals surface area (Å²) in [7, 11) is 0. The average Bonchev–Trinajstić information content (AvgIpc) is 3.18. The molecule has 0 saturated heterocycles. The number of hydrogen-bond donors (Lipinski definition) is 3. The van der Waals surface area contributed by atoms with Crippen LogP contribution in [-0.2, 0) is 11.3 Å². The van der Waals surface area contributed by atoms with Crippen molar-refractivity contribution in [2.24, 2.45) is 4.99 Å². The summed E-state index contributed by atoms with van der Waals surface area (Å²) in [6.45, 7) is 4.43. The van der Waals surface area contributed by atoms with Gasteiger partial charge in [0.25, 0.3) is 0 Å². The van der Waals surface area contributed by atoms with Gasteiger partial charge in [0, 0.05) is 13.1 Å². The van der Waals surface area contributed by atoms with Gasteiger partial charge in [-0.05, 0) is 37.6 Å². The van der Waals surface area contributed by atoms with E-state index in [-0.39, 0.29) is 36.4 Å². The third-order valence-corrected chi connectivity index (χ3v) is 3.39. The van der Waals surface area contributed by atoms with Crippen LogP contribution < -0.4 is 20.7 Å². The molecule has 27 heavy (non-hydrogen) atoms. The molecule has 3 N–H and O–H groups in total. The van der Waals surface area contributed by atoms with E-state index in [4.69, 9.17) is 9.15 Å². The minimum Gasteiger partial charge on any atom is -0.494 e. The molecule has 0 spiro atoms. The maximum absolute atomic E-state index is 11.8. The lowest BCUT2D eigenvalue weighted by Crippen LogP contribution is -2.39. The van der Waals surface area contributed by atoms with Crippen LogP contribution in [0.5, 0.6) is 5.75 Å². The summed E-state index contributed by atoms with van der Waals surface area (Å²) >= 11 is 0. The summed E-state index contributed by atoms with van der Waals surface area (Å²) in [5.41, 5.74) is 0. The van der Waals surface area contributed by atoms with Crippen LogP contribution in [0.15, 0.2) is 58.1 Å². The van der Waals surface area contributed by atoms with E-state index in [2.05, 4.69) is 20.9 Å². The standard InChI is InChI=1S/C19H26N4O3.HI/c1-2-20-19(21-11-7-13-25-16-8-4-3-5-9-16)23-15-18(24)22-14-17-10-6-12-26-17;/h3-6,8-10,12H,2,7,11,13-15H2,1H3,(H,22,24)(H2,20,21,23);1H. The van der Waals surface area contributed by atoms with Crippen molar-refractivity contribution >= 4 is 35.8 Å². The Morgan fingerprint density at radius 3 is 2.63 bits per heavy atom. The second-order valence-corrected chi connectivity index (χ2v) is 5.49. The first-order chi connectivity index (χ1) is 12.8. The highest BCUT2D eigenvalue weighted by atomic mass is 127. The van der Waals surface area contributed by atoms with Gasteiger partial charge in [-0.15, -0.1) is 24.0 Å². The normalized spacial score (nSPS) is 10.6. The average molecular weight is 486 g/mol. The zero-order valence-electron chi connectivity index (χ0n) is 15.4. The molecule has 0 aliphatic heterocycles. The summed E-state index contributed by atoms with van der Waals surface area (Å²) in [4.78, 5) is 16.1. The van der Waals surface area contributed by atoms with Crippen LogP contribution in [0.3, 0.4) is 0 Å². The maximum atomic E-state index is 11.8. The van der Waals surface area contributed by atoms with Crippen LogP contribution in [0.25, 0.3) is 0 Å². The fourth-order valence-electron chi connectivity index (χ4n) is 2.13. The monoisotopic (exact) mass is 486 g/mol. The first-order valence-electron chi connectivity index (χ1n) is 8.77. The zero-order valence-corrected chi connectivity index (χ0v) is 17.8. The Labute approximate surface area is 177 Å². The van der Waals surface area contributed by atoms with E-state index in [0.717, 1.165) is 18.7 Å². The number of rotatable bonds is 10. The third-order valence-electron chi connectivity index (χ3n) is 3.39. The quantitative estimate of drug-likeness (QED) is 0.208. The highest BCUT2D eigenvalue weighted by Gasteiger charge is 2.03. The van der Waals surface area contributed by atoms with Gasteiger partial charge in [0.1, 0.15) is 18.1 Å². The number of furan rings is 1. The lowest BCUT2D eigenvalue weighted by Gasteiger charge is -2.11. The molecule has 1 heterocycles. The molecule has 1 amide bonds. The van der Waals surface area contributed by atoms with Crippen molar-refractivity contribution in [3.63, 3.8) is 0 Å². The number of nitrogens with one attached hydrogen (secondary N) is 3. The Morgan fingerprint density at radius 2 is 1.93 bits per heavy atom. The van der Waals surface area contributed by atoms with Crippen molar-refractivity contribution in [3.8, 4) is 5.75 Å². The van der Waals surface area contributed by atoms with E-state index in [1.165, 1.54) is 0 Å². The van der Waals surface area contributed by atoms with Gasteiger partial charge in [0.05, 0.1) is 19.4 Å². The molecule has 0 bridgehead atoms. The number of para-hydroxylation sites is 1. The molecule has 7 nitrogen and oxygen atoms in total. The molecule has 2 aromatic rings. The van der Waals surface area contributed by atoms with E-state index < -0.39 is 0 Å². The Morgan fingerprint density at radius 1 is 1.11 bits per heavy atom. The smallest absolute Gasteiger partial charge is 0.242 e. The second kappa shape index (κ2) is 13.9. The number of amides is 1. The molecular formula is C19H27IN4O3. The number of ether oxygens (including phenoxy) is 1. The number of carbonyl (C=O) groups excluding carboxylic acids is 1. The number of nitrogens with zero attached hydrogens (tertiary/aromatic N) is 1. The van der Waals surface area contributed by atoms with Crippen molar-refractivity contribution in [2.45, 2.75) is 19.9 Å². The lowest BCUT2D eigenvalue weighted by atomic mass is 10.3. The van der Waals surface area contributed by atoms with Gasteiger partial charge in [0.15, 0.2) is 5.96 Å². The van der Waals surface area contributed by atoms with Crippen LogP contribution in [0, 0.1) is 0 Å². The number of hydrogen-bond acceptors (Lipinski definition) is 4. The first-order valence-corrected chi connectivity index (χ1v) is 8.77. The third kappa shape index (κ3) is 9.88. The zero-order chi connectivity index (χ0) is 18.5. The van der Waals surface area contributed by atoms with Crippen LogP contribution in [0.4, 0.5) is 0 Å². The SMILES string of the molecule is CCNC(=NCC(=O)NCc1ccco1)NCCCOc1ccccc1.I. The molecule has 0 radical (unpaired) electrons. The van der Waals surface area contributed by atoms with E-state index in [1.807, 2.05) is 43.3 Å². The van der Waals surface area contributed by atoms with Gasteiger partial charge in [-0.3, -0.25) is 4.79 Å². The molecule has 0 saturated carbocycles. The number of aliphatic imine (C=N–C) groups is 1. The van der Waals surface area contributed by atoms with Crippen molar-refractivity contribution < 1.29 is 13.9 Å². The fraction of sp³-hybridized carbons (Fsp3) is 0.368. The summed E-state index contributed by atoms with van der Waals surface area (Å²) < 4.78 is 10.8. The Bertz CT molecular complexity index is 663. The first kappa shape index (κ1) is 22.8. The summed E-state index contributed by atoms with van der Waals surface area (Å²) in [6.07, 6.45) is 2.40. The van der Waals surface area contributed by atoms with Crippen molar-refractivity contribution in [1.82, 2.24) is 16.0 Å². The van der Waals surface area contributed by atoms with E-state index >= 15 is 0 Å². The number of halogens is 1. The second-order valence-electron chi connectivity index (χ2n) is 5.49. The van der Waals surface area contributed by atoms with Gasteiger partial charge < -0.3 is 25.1 Å². The predicted molar refractivity (Wildman–Crippen MR) is 117 cm³/mol. The molecule has 1 aromatic heterocycles. The Kier molecular flexibility index (Phi) is 11.7. The van der Waals surface area contributed by atoms with Crippen molar-refractivity contribution in [3.05, 3.63) is 54.5 Å². The molecule has 1 aromatic carbocycles. The van der Waals surface area contributed by atoms with Crippen molar-refractivity contribution in [2.75, 3.05) is 26.2 Å². The highest BCUT2D eigenvalue weighted by Crippen LogP contribution is 2.07. The molecule has 0 aliphatic carbocycles. The largest absolute Gasteiger partial charge is 0.494 e. The van der Waals surface area contributed by atoms with Gasteiger partial charge in [0.2, 0.25) is 5.91 Å². The molecule has 148 valence electrons. The highest BCUT2D eigenvalue weighted by molar-refractivity contribution is 14.0. The van der Waals surface area contributed by atoms with Crippen LogP contribution >= 0.6 is 24.0 Å². The van der Waals surface area contributed by atoms with E-state index in [0.29, 0.717) is 31.4 Å². The van der Waals surface area contributed by atoms with Gasteiger partial charge >= 0.3 is 0 Å². The number of guanidine groups is 1. The summed E-state index contributed by atoms with van der Waals surface area (Å²) in [6, 6.07) is 13.3. The minimum atomic E-state index is -0.161. The fourth-order valence-corrected chi connectivity index (χ4v) is 2.13. The van der Waals surface area contributed by atoms with Crippen LogP contribution in [0.1, 0.15) is 19.1 Å². The van der Waals surface area contributed by atoms with Gasteiger partial charge in [-0.2, -0.15) is 0 Å². The van der Waals surface area contributed by atoms with Crippen LogP contribution in [-0.4, -0.2) is 38.1 Å². The number of carbonyl (C=O) groups is 1. The van der Waals surface area contributed by atoms with Gasteiger partial charge in [-0.1, -0.05) is 18.2 Å². The number of benzene rings is 1. The molecule has 0 aliphatic rings. The van der Waals surface area contributed by atoms with Gasteiger partial charge in [-0.25, -0.2) is 4.99 Å². The molecular weight excluding hydrogens is 459 g/mol. The Hall–Kier alpha value is -2.23. The van der Waals surface area contributed by atoms with E-state index in [9.17, 15) is 4.79 Å². The minimum absolute atomic E-state index is 0. The molecule has 0 unspecified atom stereocenters. The summed E-state index contributed by atoms with van der Waals surface area (Å²) in [5, 5.41) is 9.07. The molecule has 8 heteroatoms. The van der Waals surface area contributed by atoms with Crippen molar-refractivity contribution in [1.29, 1.82) is 0 Å². The predicted octanol–water partition coefficient (Wildman–Crippen LogP) is 2.54. The molecule has 0 fully saturated rings.